The summed E-state index contributed by atoms with van der Waals surface area (Å²) in [5.74, 6) is 0. The van der Waals surface area contributed by atoms with Crippen LogP contribution in [-0.4, -0.2) is 0 Å². The van der Waals surface area contributed by atoms with E-state index >= 15 is 0 Å². The van der Waals surface area contributed by atoms with Crippen LogP contribution in [0.15, 0.2) is 233 Å². The Balaban J connectivity index is 0.964. The molecule has 0 fully saturated rings. The normalized spacial score (nSPS) is 11.6. The number of anilines is 3. The Hall–Kier alpha value is -8.14. The van der Waals surface area contributed by atoms with E-state index in [1.54, 1.807) is 0 Å². The van der Waals surface area contributed by atoms with Crippen LogP contribution in [0.25, 0.3) is 99.2 Å². The van der Waals surface area contributed by atoms with Gasteiger partial charge in [-0.1, -0.05) is 164 Å². The van der Waals surface area contributed by atoms with E-state index in [9.17, 15) is 0 Å². The van der Waals surface area contributed by atoms with Gasteiger partial charge in [-0.25, -0.2) is 0 Å². The van der Waals surface area contributed by atoms with Gasteiger partial charge in [0.2, 0.25) is 0 Å². The first kappa shape index (κ1) is 34.9. The third-order valence-electron chi connectivity index (χ3n) is 12.1. The standard InChI is InChI=1S/C58H37NO2/c1-3-11-38(12-4-1)45-27-34-56-53(36-45)51-19-10-20-54(58(51)61-56)59(47-29-23-40(24-30-47)44-22-21-39-13-7-8-16-43(39)35-44)48-31-25-41(26-32-48)46-28-33-55-52(37-46)50-18-9-17-49(57(50)60-55)42-14-5-2-6-15-42/h1-37H. The third kappa shape index (κ3) is 6.06. The van der Waals surface area contributed by atoms with Gasteiger partial charge in [0.1, 0.15) is 16.7 Å². The maximum atomic E-state index is 6.78. The summed E-state index contributed by atoms with van der Waals surface area (Å²) in [5, 5.41) is 6.86. The van der Waals surface area contributed by atoms with Crippen LogP contribution in [0.2, 0.25) is 0 Å². The maximum Gasteiger partial charge on any atom is 0.159 e. The summed E-state index contributed by atoms with van der Waals surface area (Å²) in [4.78, 5) is 2.31. The summed E-state index contributed by atoms with van der Waals surface area (Å²) in [5.41, 5.74) is 15.7. The Labute approximate surface area is 353 Å². The minimum Gasteiger partial charge on any atom is -0.455 e. The highest BCUT2D eigenvalue weighted by Crippen LogP contribution is 2.44. The van der Waals surface area contributed by atoms with Crippen molar-refractivity contribution >= 4 is 71.7 Å². The largest absolute Gasteiger partial charge is 0.455 e. The average Bonchev–Trinajstić information content (AvgIpc) is 3.91. The zero-order valence-electron chi connectivity index (χ0n) is 33.1. The molecule has 0 spiro atoms. The molecule has 0 radical (unpaired) electrons. The molecule has 2 heterocycles. The van der Waals surface area contributed by atoms with Gasteiger partial charge >= 0.3 is 0 Å². The highest BCUT2D eigenvalue weighted by molar-refractivity contribution is 6.12. The summed E-state index contributed by atoms with van der Waals surface area (Å²) in [7, 11) is 0. The zero-order valence-corrected chi connectivity index (χ0v) is 33.1. The van der Waals surface area contributed by atoms with Gasteiger partial charge in [0.05, 0.1) is 5.69 Å². The lowest BCUT2D eigenvalue weighted by Crippen LogP contribution is -2.10. The Bertz CT molecular complexity index is 3560. The maximum absolute atomic E-state index is 6.78. The van der Waals surface area contributed by atoms with E-state index in [2.05, 4.69) is 223 Å². The second-order valence-electron chi connectivity index (χ2n) is 15.7. The number of furan rings is 2. The van der Waals surface area contributed by atoms with Crippen molar-refractivity contribution in [3.63, 3.8) is 0 Å². The lowest BCUT2D eigenvalue weighted by molar-refractivity contribution is 0.669. The van der Waals surface area contributed by atoms with Crippen LogP contribution in [0.4, 0.5) is 17.1 Å². The van der Waals surface area contributed by atoms with E-state index in [-0.39, 0.29) is 0 Å². The number of hydrogen-bond acceptors (Lipinski definition) is 3. The van der Waals surface area contributed by atoms with E-state index < -0.39 is 0 Å². The summed E-state index contributed by atoms with van der Waals surface area (Å²) >= 11 is 0. The average molecular weight is 780 g/mol. The lowest BCUT2D eigenvalue weighted by atomic mass is 9.99. The number of hydrogen-bond donors (Lipinski definition) is 0. The number of para-hydroxylation sites is 2. The van der Waals surface area contributed by atoms with Gasteiger partial charge in [0.25, 0.3) is 0 Å². The molecule has 0 unspecified atom stereocenters. The lowest BCUT2D eigenvalue weighted by Gasteiger charge is -2.26. The molecule has 286 valence electrons. The molecule has 0 aliphatic carbocycles. The molecule has 0 amide bonds. The van der Waals surface area contributed by atoms with Crippen molar-refractivity contribution in [2.45, 2.75) is 0 Å². The molecule has 0 bridgehead atoms. The van der Waals surface area contributed by atoms with Gasteiger partial charge in [-0.15, -0.1) is 0 Å². The zero-order chi connectivity index (χ0) is 40.3. The molecule has 12 aromatic rings. The van der Waals surface area contributed by atoms with Gasteiger partial charge in [-0.3, -0.25) is 0 Å². The molecule has 0 aliphatic rings. The van der Waals surface area contributed by atoms with Crippen molar-refractivity contribution in [3.8, 4) is 44.5 Å². The molecular weight excluding hydrogens is 743 g/mol. The Morgan fingerprint density at radius 2 is 0.754 bits per heavy atom. The van der Waals surface area contributed by atoms with Crippen LogP contribution in [0, 0.1) is 0 Å². The van der Waals surface area contributed by atoms with Crippen molar-refractivity contribution in [3.05, 3.63) is 224 Å². The van der Waals surface area contributed by atoms with Gasteiger partial charge in [0.15, 0.2) is 5.58 Å². The molecule has 12 rings (SSSR count). The second-order valence-corrected chi connectivity index (χ2v) is 15.7. The number of nitrogens with zero attached hydrogens (tertiary/aromatic N) is 1. The van der Waals surface area contributed by atoms with Gasteiger partial charge in [0, 0.05) is 38.5 Å². The summed E-state index contributed by atoms with van der Waals surface area (Å²) in [6.07, 6.45) is 0. The molecule has 0 aliphatic heterocycles. The van der Waals surface area contributed by atoms with Gasteiger partial charge in [-0.05, 0) is 110 Å². The van der Waals surface area contributed by atoms with Gasteiger partial charge in [-0.2, -0.15) is 0 Å². The van der Waals surface area contributed by atoms with Crippen molar-refractivity contribution in [2.24, 2.45) is 0 Å². The van der Waals surface area contributed by atoms with Crippen molar-refractivity contribution in [1.82, 2.24) is 0 Å². The van der Waals surface area contributed by atoms with E-state index in [1.807, 2.05) is 6.07 Å². The quantitative estimate of drug-likeness (QED) is 0.161. The molecule has 3 nitrogen and oxygen atoms in total. The predicted molar refractivity (Wildman–Crippen MR) is 255 cm³/mol. The fourth-order valence-corrected chi connectivity index (χ4v) is 8.99. The highest BCUT2D eigenvalue weighted by Gasteiger charge is 2.21. The molecular formula is C58H37NO2. The first-order valence-corrected chi connectivity index (χ1v) is 20.7. The Morgan fingerprint density at radius 3 is 1.39 bits per heavy atom. The van der Waals surface area contributed by atoms with Crippen LogP contribution in [0.5, 0.6) is 0 Å². The fourth-order valence-electron chi connectivity index (χ4n) is 8.99. The minimum atomic E-state index is 0.845. The predicted octanol–water partition coefficient (Wildman–Crippen LogP) is 16.8. The molecule has 3 heteroatoms. The molecule has 2 aromatic heterocycles. The van der Waals surface area contributed by atoms with Crippen LogP contribution in [-0.2, 0) is 0 Å². The first-order chi connectivity index (χ1) is 30.2. The second kappa shape index (κ2) is 14.3. The van der Waals surface area contributed by atoms with E-state index in [0.717, 1.165) is 88.8 Å². The molecule has 10 aromatic carbocycles. The topological polar surface area (TPSA) is 29.5 Å². The van der Waals surface area contributed by atoms with E-state index in [0.29, 0.717) is 0 Å². The van der Waals surface area contributed by atoms with Crippen LogP contribution >= 0.6 is 0 Å². The van der Waals surface area contributed by atoms with Crippen LogP contribution in [0.1, 0.15) is 0 Å². The summed E-state index contributed by atoms with van der Waals surface area (Å²) in [6.45, 7) is 0. The van der Waals surface area contributed by atoms with E-state index in [1.165, 1.54) is 27.5 Å². The Kier molecular flexibility index (Phi) is 8.17. The number of benzene rings is 10. The molecule has 61 heavy (non-hydrogen) atoms. The SMILES string of the molecule is c1ccc(-c2ccc3oc4c(N(c5ccc(-c6ccc7ccccc7c6)cc5)c5ccc(-c6ccc7oc8c(-c9ccccc9)cccc8c7c6)cc5)cccc4c3c2)cc1. The molecule has 0 N–H and O–H groups in total. The van der Waals surface area contributed by atoms with Gasteiger partial charge < -0.3 is 13.7 Å². The molecule has 0 saturated carbocycles. The van der Waals surface area contributed by atoms with Crippen LogP contribution in [0.3, 0.4) is 0 Å². The summed E-state index contributed by atoms with van der Waals surface area (Å²) in [6, 6.07) is 79.8. The third-order valence-corrected chi connectivity index (χ3v) is 12.1. The highest BCUT2D eigenvalue weighted by atomic mass is 16.3. The molecule has 0 saturated heterocycles. The molecule has 0 atom stereocenters. The Morgan fingerprint density at radius 1 is 0.279 bits per heavy atom. The minimum absolute atomic E-state index is 0.845. The van der Waals surface area contributed by atoms with Crippen molar-refractivity contribution in [1.29, 1.82) is 0 Å². The number of fused-ring (bicyclic) bond motifs is 7. The summed E-state index contributed by atoms with van der Waals surface area (Å²) < 4.78 is 13.3. The number of rotatable bonds is 7. The smallest absolute Gasteiger partial charge is 0.159 e. The fraction of sp³-hybridized carbons (Fsp3) is 0. The van der Waals surface area contributed by atoms with Crippen molar-refractivity contribution < 1.29 is 8.83 Å². The van der Waals surface area contributed by atoms with Crippen molar-refractivity contribution in [2.75, 3.05) is 4.90 Å². The van der Waals surface area contributed by atoms with E-state index in [4.69, 9.17) is 8.83 Å². The monoisotopic (exact) mass is 779 g/mol. The first-order valence-electron chi connectivity index (χ1n) is 20.7. The van der Waals surface area contributed by atoms with Crippen LogP contribution < -0.4 is 4.90 Å².